The molecule has 0 spiro atoms. The van der Waals surface area contributed by atoms with Gasteiger partial charge in [-0.25, -0.2) is 28.8 Å². The van der Waals surface area contributed by atoms with Gasteiger partial charge in [-0.1, -0.05) is 37.4 Å². The van der Waals surface area contributed by atoms with Crippen LogP contribution >= 0.6 is 0 Å². The molecule has 0 unspecified atom stereocenters. The van der Waals surface area contributed by atoms with E-state index in [1.54, 1.807) is 36.4 Å². The minimum absolute atomic E-state index is 0.0317. The molecule has 2 N–H and O–H groups in total. The van der Waals surface area contributed by atoms with E-state index in [0.717, 1.165) is 16.7 Å². The van der Waals surface area contributed by atoms with Gasteiger partial charge >= 0.3 is 36.2 Å². The molecule has 0 radical (unpaired) electrons. The van der Waals surface area contributed by atoms with Gasteiger partial charge in [0.1, 0.15) is 11.5 Å². The SMILES string of the molecule is C=CC(=O)OCCCCOC(=O)Oc1ccc2cc(C(=O)Oc3c(OC(=O)c4ccc5cc(OC(=O)OCCCCOC(=O)C=C)ccc5c4)c(O)n(C)c3O)ccc2c1. The largest absolute Gasteiger partial charge is 0.513 e. The number of aromatic hydroxyl groups is 2. The normalized spacial score (nSPS) is 10.6. The molecule has 0 saturated carbocycles. The highest BCUT2D eigenvalue weighted by molar-refractivity contribution is 5.99. The van der Waals surface area contributed by atoms with Crippen molar-refractivity contribution < 1.29 is 76.9 Å². The van der Waals surface area contributed by atoms with Gasteiger partial charge in [0, 0.05) is 19.2 Å². The van der Waals surface area contributed by atoms with E-state index in [9.17, 15) is 39.0 Å². The fourth-order valence-electron chi connectivity index (χ4n) is 5.36. The van der Waals surface area contributed by atoms with E-state index < -0.39 is 59.4 Å². The summed E-state index contributed by atoms with van der Waals surface area (Å²) in [5.41, 5.74) is 0.0634. The van der Waals surface area contributed by atoms with Gasteiger partial charge in [-0.3, -0.25) is 4.57 Å². The summed E-state index contributed by atoms with van der Waals surface area (Å²) in [6.45, 7) is 7.02. The Kier molecular flexibility index (Phi) is 14.8. The topological polar surface area (TPSA) is 222 Å². The molecule has 5 rings (SSSR count). The van der Waals surface area contributed by atoms with Gasteiger partial charge in [-0.15, -0.1) is 0 Å². The Balaban J connectivity index is 1.17. The van der Waals surface area contributed by atoms with Gasteiger partial charge in [0.2, 0.25) is 23.3 Å². The standard InChI is InChI=1S/C43H39NO16/c1-4-34(45)53-18-6-8-20-55-42(51)57-32-16-14-26-22-30(12-10-28(26)24-32)40(49)59-36-37(39(48)44(3)38(36)47)60-41(50)31-13-11-29-25-33(17-15-27(29)23-31)58-43(52)56-21-9-7-19-54-35(46)5-2/h4-5,10-17,22-25,47-48H,1-2,6-9,18-21H2,3H3. The molecule has 1 heterocycles. The number of rotatable bonds is 18. The Labute approximate surface area is 341 Å². The summed E-state index contributed by atoms with van der Waals surface area (Å²) >= 11 is 0. The van der Waals surface area contributed by atoms with Crippen molar-refractivity contribution in [3.63, 3.8) is 0 Å². The van der Waals surface area contributed by atoms with Crippen molar-refractivity contribution >= 4 is 57.7 Å². The van der Waals surface area contributed by atoms with Gasteiger partial charge in [-0.05, 0) is 95.8 Å². The zero-order chi connectivity index (χ0) is 43.2. The van der Waals surface area contributed by atoms with Gasteiger partial charge in [-0.2, -0.15) is 0 Å². The third-order valence-electron chi connectivity index (χ3n) is 8.47. The Morgan fingerprint density at radius 3 is 1.25 bits per heavy atom. The van der Waals surface area contributed by atoms with Crippen LogP contribution in [-0.4, -0.2) is 77.4 Å². The lowest BCUT2D eigenvalue weighted by atomic mass is 10.1. The third kappa shape index (κ3) is 11.6. The van der Waals surface area contributed by atoms with Crippen LogP contribution in [0, 0.1) is 0 Å². The molecular weight excluding hydrogens is 786 g/mol. The number of unbranched alkanes of at least 4 members (excludes halogenated alkanes) is 2. The van der Waals surface area contributed by atoms with Crippen molar-refractivity contribution in [1.82, 2.24) is 4.57 Å². The summed E-state index contributed by atoms with van der Waals surface area (Å²) in [4.78, 5) is 73.0. The van der Waals surface area contributed by atoms with E-state index in [0.29, 0.717) is 47.2 Å². The number of hydrogen-bond acceptors (Lipinski definition) is 16. The predicted octanol–water partition coefficient (Wildman–Crippen LogP) is 7.23. The number of fused-ring (bicyclic) bond motifs is 2. The quantitative estimate of drug-likeness (QED) is 0.0292. The number of benzene rings is 4. The lowest BCUT2D eigenvalue weighted by Gasteiger charge is -2.10. The van der Waals surface area contributed by atoms with Crippen molar-refractivity contribution in [2.45, 2.75) is 25.7 Å². The second-order valence-electron chi connectivity index (χ2n) is 12.6. The Morgan fingerprint density at radius 1 is 0.517 bits per heavy atom. The number of hydrogen-bond donors (Lipinski definition) is 2. The molecule has 17 nitrogen and oxygen atoms in total. The Hall–Kier alpha value is -7.82. The van der Waals surface area contributed by atoms with Crippen LogP contribution in [0.15, 0.2) is 98.1 Å². The molecule has 0 saturated heterocycles. The van der Waals surface area contributed by atoms with Crippen LogP contribution in [0.25, 0.3) is 21.5 Å². The van der Waals surface area contributed by atoms with E-state index in [2.05, 4.69) is 13.2 Å². The van der Waals surface area contributed by atoms with Crippen LogP contribution in [0.4, 0.5) is 9.59 Å². The molecule has 17 heteroatoms. The number of aromatic nitrogens is 1. The van der Waals surface area contributed by atoms with Crippen molar-refractivity contribution in [3.05, 3.63) is 109 Å². The first-order valence-electron chi connectivity index (χ1n) is 18.3. The molecule has 0 atom stereocenters. The van der Waals surface area contributed by atoms with Crippen molar-refractivity contribution in [2.24, 2.45) is 7.05 Å². The maximum Gasteiger partial charge on any atom is 0.513 e. The Morgan fingerprint density at radius 2 is 0.867 bits per heavy atom. The van der Waals surface area contributed by atoms with E-state index in [1.165, 1.54) is 43.4 Å². The maximum absolute atomic E-state index is 13.3. The van der Waals surface area contributed by atoms with E-state index >= 15 is 0 Å². The van der Waals surface area contributed by atoms with E-state index in [1.807, 2.05) is 0 Å². The lowest BCUT2D eigenvalue weighted by molar-refractivity contribution is -0.138. The van der Waals surface area contributed by atoms with Gasteiger partial charge in [0.25, 0.3) is 0 Å². The number of carbonyl (C=O) groups excluding carboxylic acids is 6. The smallest absolute Gasteiger partial charge is 0.492 e. The highest BCUT2D eigenvalue weighted by Gasteiger charge is 2.29. The van der Waals surface area contributed by atoms with Crippen LogP contribution in [0.1, 0.15) is 46.4 Å². The maximum atomic E-state index is 13.3. The molecule has 0 amide bonds. The molecule has 5 aromatic rings. The summed E-state index contributed by atoms with van der Waals surface area (Å²) < 4.78 is 42.0. The third-order valence-corrected chi connectivity index (χ3v) is 8.47. The molecule has 0 aliphatic carbocycles. The molecule has 4 aromatic carbocycles. The van der Waals surface area contributed by atoms with E-state index in [-0.39, 0.29) is 49.1 Å². The molecule has 0 aliphatic rings. The second kappa shape index (κ2) is 20.6. The molecule has 1 aromatic heterocycles. The van der Waals surface area contributed by atoms with Gasteiger partial charge < -0.3 is 48.1 Å². The predicted molar refractivity (Wildman–Crippen MR) is 211 cm³/mol. The van der Waals surface area contributed by atoms with Crippen LogP contribution in [0.5, 0.6) is 34.8 Å². The molecule has 312 valence electrons. The minimum atomic E-state index is -0.961. The minimum Gasteiger partial charge on any atom is -0.492 e. The van der Waals surface area contributed by atoms with Gasteiger partial charge in [0.15, 0.2) is 0 Å². The fourth-order valence-corrected chi connectivity index (χ4v) is 5.36. The van der Waals surface area contributed by atoms with Crippen molar-refractivity contribution in [3.8, 4) is 34.8 Å². The number of nitrogens with zero attached hydrogens (tertiary/aromatic N) is 1. The van der Waals surface area contributed by atoms with Crippen LogP contribution in [-0.2, 0) is 35.6 Å². The Bertz CT molecular complexity index is 2280. The average molecular weight is 826 g/mol. The summed E-state index contributed by atoms with van der Waals surface area (Å²) in [6.07, 6.45) is 2.08. The van der Waals surface area contributed by atoms with Crippen LogP contribution in [0.2, 0.25) is 0 Å². The first kappa shape index (κ1) is 43.3. The summed E-state index contributed by atoms with van der Waals surface area (Å²) in [6, 6.07) is 18.2. The number of carbonyl (C=O) groups is 6. The van der Waals surface area contributed by atoms with Crippen molar-refractivity contribution in [1.29, 1.82) is 0 Å². The van der Waals surface area contributed by atoms with Crippen LogP contribution < -0.4 is 18.9 Å². The molecule has 0 aliphatic heterocycles. The number of esters is 4. The molecular formula is C43H39NO16. The van der Waals surface area contributed by atoms with Gasteiger partial charge in [0.05, 0.1) is 37.6 Å². The zero-order valence-electron chi connectivity index (χ0n) is 32.2. The first-order valence-corrected chi connectivity index (χ1v) is 18.3. The molecule has 0 fully saturated rings. The highest BCUT2D eigenvalue weighted by atomic mass is 16.7. The zero-order valence-corrected chi connectivity index (χ0v) is 32.2. The average Bonchev–Trinajstić information content (AvgIpc) is 3.44. The number of ether oxygens (including phenoxy) is 8. The first-order chi connectivity index (χ1) is 28.9. The van der Waals surface area contributed by atoms with Crippen molar-refractivity contribution in [2.75, 3.05) is 26.4 Å². The summed E-state index contributed by atoms with van der Waals surface area (Å²) in [7, 11) is 1.25. The molecule has 0 bridgehead atoms. The highest BCUT2D eigenvalue weighted by Crippen LogP contribution is 2.47. The monoisotopic (exact) mass is 825 g/mol. The lowest BCUT2D eigenvalue weighted by Crippen LogP contribution is -2.12. The summed E-state index contributed by atoms with van der Waals surface area (Å²) in [5, 5.41) is 23.7. The summed E-state index contributed by atoms with van der Waals surface area (Å²) in [5.74, 6) is -5.27. The second-order valence-corrected chi connectivity index (χ2v) is 12.6. The fraction of sp³-hybridized carbons (Fsp3) is 0.209. The van der Waals surface area contributed by atoms with Crippen LogP contribution in [0.3, 0.4) is 0 Å². The van der Waals surface area contributed by atoms with E-state index in [4.69, 9.17) is 37.9 Å². The molecule has 60 heavy (non-hydrogen) atoms.